The van der Waals surface area contributed by atoms with Crippen LogP contribution in [0.3, 0.4) is 0 Å². The Morgan fingerprint density at radius 1 is 1.29 bits per heavy atom. The van der Waals surface area contributed by atoms with E-state index < -0.39 is 11.4 Å². The van der Waals surface area contributed by atoms with Crippen LogP contribution in [0.25, 0.3) is 10.9 Å². The van der Waals surface area contributed by atoms with E-state index in [1.165, 1.54) is 0 Å². The topological polar surface area (TPSA) is 59.4 Å². The van der Waals surface area contributed by atoms with Crippen molar-refractivity contribution < 1.29 is 14.6 Å². The monoisotopic (exact) mass is 283 g/mol. The molecule has 0 spiro atoms. The minimum absolute atomic E-state index is 0.117. The van der Waals surface area contributed by atoms with Crippen LogP contribution in [0.1, 0.15) is 25.0 Å². The van der Waals surface area contributed by atoms with E-state index in [0.717, 1.165) is 29.4 Å². The maximum atomic E-state index is 11.9. The number of benzene rings is 1. The van der Waals surface area contributed by atoms with E-state index in [2.05, 4.69) is 4.98 Å². The van der Waals surface area contributed by atoms with Gasteiger partial charge in [0.1, 0.15) is 5.41 Å². The van der Waals surface area contributed by atoms with Gasteiger partial charge < -0.3 is 9.84 Å². The van der Waals surface area contributed by atoms with Crippen molar-refractivity contribution in [1.82, 2.24) is 4.98 Å². The van der Waals surface area contributed by atoms with E-state index in [9.17, 15) is 9.90 Å². The van der Waals surface area contributed by atoms with Crippen molar-refractivity contribution in [1.29, 1.82) is 0 Å². The molecule has 2 saturated heterocycles. The molecule has 4 heteroatoms. The smallest absolute Gasteiger partial charge is 0.312 e. The van der Waals surface area contributed by atoms with E-state index in [4.69, 9.17) is 4.74 Å². The Kier molecular flexibility index (Phi) is 2.76. The molecule has 3 heterocycles. The standard InChI is InChI=1S/C17H17NO3/c19-16(20)17(10-13-7-8-15(17)21-13)9-12-6-5-11-3-1-2-4-14(11)18-12/h1-6,13,15H,7-10H2,(H,19,20). The van der Waals surface area contributed by atoms with Crippen molar-refractivity contribution in [2.45, 2.75) is 37.9 Å². The summed E-state index contributed by atoms with van der Waals surface area (Å²) in [5, 5.41) is 10.8. The van der Waals surface area contributed by atoms with Crippen molar-refractivity contribution in [2.24, 2.45) is 5.41 Å². The summed E-state index contributed by atoms with van der Waals surface area (Å²) in [7, 11) is 0. The van der Waals surface area contributed by atoms with E-state index >= 15 is 0 Å². The van der Waals surface area contributed by atoms with Gasteiger partial charge in [0.05, 0.1) is 17.7 Å². The fraction of sp³-hybridized carbons (Fsp3) is 0.412. The number of carboxylic acid groups (broad SMARTS) is 1. The Morgan fingerprint density at radius 2 is 2.14 bits per heavy atom. The number of hydrogen-bond donors (Lipinski definition) is 1. The van der Waals surface area contributed by atoms with E-state index in [1.54, 1.807) is 0 Å². The normalized spacial score (nSPS) is 30.9. The Hall–Kier alpha value is -1.94. The minimum Gasteiger partial charge on any atom is -0.481 e. The summed E-state index contributed by atoms with van der Waals surface area (Å²) in [6.45, 7) is 0. The lowest BCUT2D eigenvalue weighted by atomic mass is 9.71. The first-order chi connectivity index (χ1) is 10.2. The highest BCUT2D eigenvalue weighted by Crippen LogP contribution is 2.49. The molecule has 4 rings (SSSR count). The number of hydrogen-bond acceptors (Lipinski definition) is 3. The van der Waals surface area contributed by atoms with Crippen molar-refractivity contribution in [3.63, 3.8) is 0 Å². The Labute approximate surface area is 122 Å². The molecule has 0 aliphatic carbocycles. The number of aliphatic carboxylic acids is 1. The molecule has 4 nitrogen and oxygen atoms in total. The van der Waals surface area contributed by atoms with Crippen molar-refractivity contribution >= 4 is 16.9 Å². The predicted molar refractivity (Wildman–Crippen MR) is 78.0 cm³/mol. The van der Waals surface area contributed by atoms with Crippen LogP contribution in [0, 0.1) is 5.41 Å². The molecule has 2 aromatic rings. The van der Waals surface area contributed by atoms with Crippen molar-refractivity contribution in [3.8, 4) is 0 Å². The van der Waals surface area contributed by atoms with Gasteiger partial charge in [0.25, 0.3) is 0 Å². The second-order valence-corrected chi connectivity index (χ2v) is 6.16. The van der Waals surface area contributed by atoms with Crippen molar-refractivity contribution in [3.05, 3.63) is 42.1 Å². The third-order valence-corrected chi connectivity index (χ3v) is 4.89. The van der Waals surface area contributed by atoms with E-state index in [1.807, 2.05) is 36.4 Å². The number of fused-ring (bicyclic) bond motifs is 3. The van der Waals surface area contributed by atoms with Crippen molar-refractivity contribution in [2.75, 3.05) is 0 Å². The molecule has 3 atom stereocenters. The average Bonchev–Trinajstić information content (AvgIpc) is 3.08. The molecular formula is C17H17NO3. The molecule has 0 radical (unpaired) electrons. The SMILES string of the molecule is O=C(O)C1(Cc2ccc3ccccc3n2)CC2CCC1O2. The summed E-state index contributed by atoms with van der Waals surface area (Å²) in [5.74, 6) is -0.746. The molecule has 0 saturated carbocycles. The Balaban J connectivity index is 1.70. The Bertz CT molecular complexity index is 714. The number of carboxylic acids is 1. The highest BCUT2D eigenvalue weighted by molar-refractivity contribution is 5.79. The second-order valence-electron chi connectivity index (χ2n) is 6.16. The largest absolute Gasteiger partial charge is 0.481 e. The molecule has 2 aliphatic heterocycles. The van der Waals surface area contributed by atoms with Gasteiger partial charge in [-0.2, -0.15) is 0 Å². The molecule has 2 aliphatic rings. The molecule has 1 aromatic heterocycles. The first-order valence-corrected chi connectivity index (χ1v) is 7.41. The van der Waals surface area contributed by atoms with Gasteiger partial charge in [0.2, 0.25) is 0 Å². The second kappa shape index (κ2) is 4.53. The zero-order valence-corrected chi connectivity index (χ0v) is 11.7. The fourth-order valence-electron chi connectivity index (χ4n) is 3.82. The predicted octanol–water partition coefficient (Wildman–Crippen LogP) is 2.80. The first kappa shape index (κ1) is 12.8. The van der Waals surface area contributed by atoms with Gasteiger partial charge in [-0.15, -0.1) is 0 Å². The zero-order chi connectivity index (χ0) is 14.4. The number of rotatable bonds is 3. The van der Waals surface area contributed by atoms with Gasteiger partial charge >= 0.3 is 5.97 Å². The summed E-state index contributed by atoms with van der Waals surface area (Å²) in [4.78, 5) is 16.5. The number of carbonyl (C=O) groups is 1. The molecule has 1 aromatic carbocycles. The lowest BCUT2D eigenvalue weighted by Gasteiger charge is -2.30. The van der Waals surface area contributed by atoms with E-state index in [0.29, 0.717) is 12.8 Å². The summed E-state index contributed by atoms with van der Waals surface area (Å²) >= 11 is 0. The molecule has 3 unspecified atom stereocenters. The fourth-order valence-corrected chi connectivity index (χ4v) is 3.82. The van der Waals surface area contributed by atoms with Crippen LogP contribution in [-0.2, 0) is 16.0 Å². The molecule has 1 N–H and O–H groups in total. The number of para-hydroxylation sites is 1. The van der Waals surface area contributed by atoms with Crippen LogP contribution < -0.4 is 0 Å². The van der Waals surface area contributed by atoms with Crippen LogP contribution in [0.15, 0.2) is 36.4 Å². The van der Waals surface area contributed by atoms with Gasteiger partial charge in [-0.05, 0) is 31.4 Å². The third-order valence-electron chi connectivity index (χ3n) is 4.89. The highest BCUT2D eigenvalue weighted by Gasteiger charge is 2.57. The molecular weight excluding hydrogens is 266 g/mol. The number of ether oxygens (including phenoxy) is 1. The summed E-state index contributed by atoms with van der Waals surface area (Å²) < 4.78 is 5.80. The summed E-state index contributed by atoms with van der Waals surface area (Å²) in [5.41, 5.74) is 0.963. The summed E-state index contributed by atoms with van der Waals surface area (Å²) in [6.07, 6.45) is 2.87. The minimum atomic E-state index is -0.793. The van der Waals surface area contributed by atoms with Crippen LogP contribution in [0.2, 0.25) is 0 Å². The Morgan fingerprint density at radius 3 is 2.86 bits per heavy atom. The van der Waals surface area contributed by atoms with Crippen LogP contribution in [0.4, 0.5) is 0 Å². The molecule has 0 amide bonds. The quantitative estimate of drug-likeness (QED) is 0.941. The molecule has 108 valence electrons. The van der Waals surface area contributed by atoms with Gasteiger partial charge in [-0.25, -0.2) is 0 Å². The van der Waals surface area contributed by atoms with Gasteiger partial charge in [0.15, 0.2) is 0 Å². The lowest BCUT2D eigenvalue weighted by Crippen LogP contribution is -2.42. The molecule has 2 bridgehead atoms. The molecule has 21 heavy (non-hydrogen) atoms. The molecule has 2 fully saturated rings. The zero-order valence-electron chi connectivity index (χ0n) is 11.7. The van der Waals surface area contributed by atoms with Crippen LogP contribution >= 0.6 is 0 Å². The average molecular weight is 283 g/mol. The number of aromatic nitrogens is 1. The maximum absolute atomic E-state index is 11.9. The lowest BCUT2D eigenvalue weighted by molar-refractivity contribution is -0.152. The highest BCUT2D eigenvalue weighted by atomic mass is 16.5. The van der Waals surface area contributed by atoms with Crippen LogP contribution in [-0.4, -0.2) is 28.3 Å². The number of pyridine rings is 1. The van der Waals surface area contributed by atoms with Gasteiger partial charge in [-0.1, -0.05) is 24.3 Å². The van der Waals surface area contributed by atoms with E-state index in [-0.39, 0.29) is 12.2 Å². The number of nitrogens with zero attached hydrogens (tertiary/aromatic N) is 1. The van der Waals surface area contributed by atoms with Gasteiger partial charge in [0, 0.05) is 17.5 Å². The first-order valence-electron chi connectivity index (χ1n) is 7.41. The van der Waals surface area contributed by atoms with Crippen LogP contribution in [0.5, 0.6) is 0 Å². The van der Waals surface area contributed by atoms with Gasteiger partial charge in [-0.3, -0.25) is 9.78 Å². The third kappa shape index (κ3) is 1.94. The summed E-state index contributed by atoms with van der Waals surface area (Å²) in [6, 6.07) is 11.9. The maximum Gasteiger partial charge on any atom is 0.312 e.